The van der Waals surface area contributed by atoms with Crippen LogP contribution in [0.1, 0.15) is 81.1 Å². The number of hydrogen-bond donors (Lipinski definition) is 1. The van der Waals surface area contributed by atoms with Crippen molar-refractivity contribution in [2.75, 3.05) is 19.8 Å². The number of aliphatic hydroxyl groups is 1. The minimum Gasteiger partial charge on any atom is -0.465 e. The number of amides is 2. The zero-order valence-electron chi connectivity index (χ0n) is 25.3. The zero-order chi connectivity index (χ0) is 29.6. The molecule has 8 heteroatoms. The lowest BCUT2D eigenvalue weighted by Crippen LogP contribution is -2.62. The molecule has 3 rings (SSSR count). The summed E-state index contributed by atoms with van der Waals surface area (Å²) in [6, 6.07) is -1.32. The van der Waals surface area contributed by atoms with E-state index in [2.05, 4.69) is 47.8 Å². The van der Waals surface area contributed by atoms with Gasteiger partial charge in [0.05, 0.1) is 35.8 Å². The Hall–Kier alpha value is -1.80. The minimum atomic E-state index is -0.786. The standard InChI is InChI=1S/C31H50N2O5S/c1-11-13-17-38-27(37)23-22-25(35)33(21(18-34)20(3)4)24(31(22)15-14-30(23,10)39-31)26(36)32(16-12-2)29(8,9)19-28(5,6)7/h11-12,20-24,34H,1-2,13-19H2,3-10H3/t21-,22-,23+,24?,30-,31?/m0/s1. The number of thioether (sulfide) groups is 1. The molecule has 0 radical (unpaired) electrons. The number of esters is 1. The maximum atomic E-state index is 14.8. The van der Waals surface area contributed by atoms with Crippen molar-refractivity contribution in [2.45, 2.75) is 108 Å². The molecule has 0 aromatic rings. The number of carbonyl (C=O) groups is 3. The van der Waals surface area contributed by atoms with Crippen molar-refractivity contribution in [3.8, 4) is 0 Å². The lowest BCUT2D eigenvalue weighted by Gasteiger charge is -2.47. The molecule has 7 nitrogen and oxygen atoms in total. The minimum absolute atomic E-state index is 0.0326. The fraction of sp³-hybridized carbons (Fsp3) is 0.774. The van der Waals surface area contributed by atoms with E-state index in [0.717, 1.165) is 12.8 Å². The highest BCUT2D eigenvalue weighted by Crippen LogP contribution is 2.72. The summed E-state index contributed by atoms with van der Waals surface area (Å²) in [5.74, 6) is -2.10. The Balaban J connectivity index is 2.15. The van der Waals surface area contributed by atoms with Crippen molar-refractivity contribution in [3.05, 3.63) is 25.3 Å². The molecule has 3 aliphatic rings. The second-order valence-corrected chi connectivity index (χ2v) is 15.9. The molecule has 2 unspecified atom stereocenters. The van der Waals surface area contributed by atoms with Crippen LogP contribution in [0.5, 0.6) is 0 Å². The van der Waals surface area contributed by atoms with Crippen molar-refractivity contribution in [1.29, 1.82) is 0 Å². The first kappa shape index (κ1) is 31.7. The van der Waals surface area contributed by atoms with Gasteiger partial charge in [-0.15, -0.1) is 24.9 Å². The predicted octanol–water partition coefficient (Wildman–Crippen LogP) is 4.83. The van der Waals surface area contributed by atoms with Crippen LogP contribution >= 0.6 is 11.8 Å². The molecule has 2 bridgehead atoms. The van der Waals surface area contributed by atoms with Gasteiger partial charge >= 0.3 is 5.97 Å². The van der Waals surface area contributed by atoms with E-state index >= 15 is 0 Å². The Kier molecular flexibility index (Phi) is 9.13. The largest absolute Gasteiger partial charge is 0.465 e. The fourth-order valence-corrected chi connectivity index (χ4v) is 9.94. The quantitative estimate of drug-likeness (QED) is 0.208. The van der Waals surface area contributed by atoms with E-state index in [1.54, 1.807) is 28.8 Å². The average Bonchev–Trinajstić information content (AvgIpc) is 3.37. The second kappa shape index (κ2) is 11.2. The van der Waals surface area contributed by atoms with E-state index in [1.807, 2.05) is 25.7 Å². The van der Waals surface area contributed by atoms with Crippen LogP contribution in [0, 0.1) is 23.2 Å². The third-order valence-electron chi connectivity index (χ3n) is 8.85. The van der Waals surface area contributed by atoms with Crippen LogP contribution in [-0.4, -0.2) is 79.6 Å². The SMILES string of the molecule is C=CCCOC(=O)[C@H]1[C@H]2C(=O)N([C@@H](CO)C(C)C)C(C(=O)N(CC=C)C(C)(C)CC(C)(C)C)C23CC[C@]1(C)S3. The molecular weight excluding hydrogens is 512 g/mol. The number of likely N-dealkylation sites (tertiary alicyclic amines) is 1. The first-order chi connectivity index (χ1) is 18.0. The molecule has 3 heterocycles. The van der Waals surface area contributed by atoms with Crippen LogP contribution in [0.15, 0.2) is 25.3 Å². The summed E-state index contributed by atoms with van der Waals surface area (Å²) in [7, 11) is 0. The topological polar surface area (TPSA) is 87.1 Å². The third kappa shape index (κ3) is 5.57. The molecule has 3 saturated heterocycles. The highest BCUT2D eigenvalue weighted by atomic mass is 32.2. The van der Waals surface area contributed by atoms with Gasteiger partial charge < -0.3 is 19.6 Å². The van der Waals surface area contributed by atoms with Gasteiger partial charge in [0.2, 0.25) is 11.8 Å². The number of rotatable bonds is 12. The second-order valence-electron chi connectivity index (χ2n) is 14.0. The van der Waals surface area contributed by atoms with Crippen LogP contribution in [0.4, 0.5) is 0 Å². The van der Waals surface area contributed by atoms with Gasteiger partial charge in [-0.25, -0.2) is 0 Å². The summed E-state index contributed by atoms with van der Waals surface area (Å²) < 4.78 is 4.39. The molecule has 3 aliphatic heterocycles. The summed E-state index contributed by atoms with van der Waals surface area (Å²) in [6.07, 6.45) is 6.12. The van der Waals surface area contributed by atoms with E-state index < -0.39 is 39.0 Å². The van der Waals surface area contributed by atoms with Gasteiger partial charge in [0.25, 0.3) is 0 Å². The smallest absolute Gasteiger partial charge is 0.311 e. The highest BCUT2D eigenvalue weighted by molar-refractivity contribution is 8.02. The Morgan fingerprint density at radius 3 is 2.36 bits per heavy atom. The molecule has 0 saturated carbocycles. The lowest BCUT2D eigenvalue weighted by molar-refractivity contribution is -0.156. The molecule has 0 aromatic heterocycles. The van der Waals surface area contributed by atoms with Crippen molar-refractivity contribution in [1.82, 2.24) is 9.80 Å². The van der Waals surface area contributed by atoms with Crippen molar-refractivity contribution in [3.63, 3.8) is 0 Å². The number of nitrogens with zero attached hydrogens (tertiary/aromatic N) is 2. The van der Waals surface area contributed by atoms with Gasteiger partial charge in [-0.05, 0) is 57.8 Å². The first-order valence-electron chi connectivity index (χ1n) is 14.3. The van der Waals surface area contributed by atoms with Gasteiger partial charge in [0.15, 0.2) is 0 Å². The van der Waals surface area contributed by atoms with Crippen LogP contribution in [0.2, 0.25) is 0 Å². The normalized spacial score (nSPS) is 30.9. The Bertz CT molecular complexity index is 988. The summed E-state index contributed by atoms with van der Waals surface area (Å²) in [6.45, 7) is 24.5. The van der Waals surface area contributed by atoms with Crippen LogP contribution in [0.3, 0.4) is 0 Å². The number of hydrogen-bond acceptors (Lipinski definition) is 6. The molecule has 220 valence electrons. The molecule has 39 heavy (non-hydrogen) atoms. The van der Waals surface area contributed by atoms with E-state index in [-0.39, 0.29) is 42.3 Å². The molecule has 1 N–H and O–H groups in total. The predicted molar refractivity (Wildman–Crippen MR) is 157 cm³/mol. The Morgan fingerprint density at radius 1 is 1.21 bits per heavy atom. The number of ether oxygens (including phenoxy) is 1. The average molecular weight is 563 g/mol. The zero-order valence-corrected chi connectivity index (χ0v) is 26.1. The number of carbonyl (C=O) groups excluding carboxylic acids is 3. The number of fused-ring (bicyclic) bond motifs is 1. The highest BCUT2D eigenvalue weighted by Gasteiger charge is 2.78. The molecule has 2 amide bonds. The number of aliphatic hydroxyl groups excluding tert-OH is 1. The van der Waals surface area contributed by atoms with Crippen LogP contribution < -0.4 is 0 Å². The van der Waals surface area contributed by atoms with E-state index in [0.29, 0.717) is 19.4 Å². The first-order valence-corrected chi connectivity index (χ1v) is 15.2. The lowest BCUT2D eigenvalue weighted by atomic mass is 9.66. The maximum absolute atomic E-state index is 14.8. The van der Waals surface area contributed by atoms with E-state index in [9.17, 15) is 19.5 Å². The van der Waals surface area contributed by atoms with Crippen molar-refractivity contribution in [2.24, 2.45) is 23.2 Å². The summed E-state index contributed by atoms with van der Waals surface area (Å²) in [5.41, 5.74) is -0.539. The monoisotopic (exact) mass is 562 g/mol. The van der Waals surface area contributed by atoms with Crippen molar-refractivity contribution >= 4 is 29.5 Å². The third-order valence-corrected chi connectivity index (χ3v) is 10.8. The molecule has 6 atom stereocenters. The summed E-state index contributed by atoms with van der Waals surface area (Å²) in [4.78, 5) is 46.3. The molecule has 0 aromatic carbocycles. The van der Waals surface area contributed by atoms with Gasteiger partial charge in [-0.3, -0.25) is 14.4 Å². The van der Waals surface area contributed by atoms with E-state index in [4.69, 9.17) is 4.74 Å². The molecule has 3 fully saturated rings. The van der Waals surface area contributed by atoms with Crippen molar-refractivity contribution < 1.29 is 24.2 Å². The molecular formula is C31H50N2O5S. The van der Waals surface area contributed by atoms with Crippen LogP contribution in [-0.2, 0) is 19.1 Å². The van der Waals surface area contributed by atoms with Gasteiger partial charge in [-0.2, -0.15) is 0 Å². The maximum Gasteiger partial charge on any atom is 0.311 e. The summed E-state index contributed by atoms with van der Waals surface area (Å²) >= 11 is 1.63. The fourth-order valence-electron chi connectivity index (χ4n) is 7.62. The Labute approximate surface area is 239 Å². The van der Waals surface area contributed by atoms with Gasteiger partial charge in [-0.1, -0.05) is 46.8 Å². The summed E-state index contributed by atoms with van der Waals surface area (Å²) in [5, 5.41) is 10.5. The van der Waals surface area contributed by atoms with Crippen LogP contribution in [0.25, 0.3) is 0 Å². The Morgan fingerprint density at radius 2 is 1.85 bits per heavy atom. The van der Waals surface area contributed by atoms with E-state index in [1.165, 1.54) is 0 Å². The molecule has 1 spiro atoms. The van der Waals surface area contributed by atoms with Gasteiger partial charge in [0.1, 0.15) is 6.04 Å². The molecule has 0 aliphatic carbocycles. The van der Waals surface area contributed by atoms with Gasteiger partial charge in [0, 0.05) is 16.8 Å².